The number of hydrogen-bond acceptors (Lipinski definition) is 4. The topological polar surface area (TPSA) is 64.8 Å². The maximum absolute atomic E-state index is 12.5. The minimum atomic E-state index is 0.00847. The molecule has 0 radical (unpaired) electrons. The van der Waals surface area contributed by atoms with Gasteiger partial charge >= 0.3 is 0 Å². The zero-order valence-electron chi connectivity index (χ0n) is 12.8. The van der Waals surface area contributed by atoms with Crippen molar-refractivity contribution in [1.82, 2.24) is 4.90 Å². The number of nitrogens with zero attached hydrogens (tertiary/aromatic N) is 1. The highest BCUT2D eigenvalue weighted by Gasteiger charge is 2.23. The lowest BCUT2D eigenvalue weighted by Gasteiger charge is -2.31. The molecular weight excluding hydrogens is 268 g/mol. The van der Waals surface area contributed by atoms with E-state index in [1.165, 1.54) is 0 Å². The standard InChI is InChI=1S/C16H24N2O3/c1-3-20-14-8-7-12(10-15(14)21-4-2)16(19)18-9-5-6-13(17)11-18/h7-8,10,13H,3-6,9,11,17H2,1-2H3. The van der Waals surface area contributed by atoms with Gasteiger partial charge in [-0.15, -0.1) is 0 Å². The lowest BCUT2D eigenvalue weighted by Crippen LogP contribution is -2.45. The van der Waals surface area contributed by atoms with Crippen LogP contribution in [0, 0.1) is 0 Å². The number of carbonyl (C=O) groups is 1. The minimum Gasteiger partial charge on any atom is -0.490 e. The second-order valence-corrected chi connectivity index (χ2v) is 5.18. The van der Waals surface area contributed by atoms with Gasteiger partial charge in [-0.3, -0.25) is 4.79 Å². The second kappa shape index (κ2) is 7.31. The monoisotopic (exact) mass is 292 g/mol. The van der Waals surface area contributed by atoms with E-state index in [0.29, 0.717) is 36.8 Å². The van der Waals surface area contributed by atoms with Gasteiger partial charge in [0.05, 0.1) is 13.2 Å². The molecule has 0 spiro atoms. The number of amides is 1. The van der Waals surface area contributed by atoms with Crippen LogP contribution in [0.1, 0.15) is 37.0 Å². The Balaban J connectivity index is 2.18. The molecule has 1 atom stereocenters. The van der Waals surface area contributed by atoms with Crippen molar-refractivity contribution in [2.45, 2.75) is 32.7 Å². The first-order valence-corrected chi connectivity index (χ1v) is 7.60. The van der Waals surface area contributed by atoms with Crippen LogP contribution in [-0.4, -0.2) is 43.2 Å². The Kier molecular flexibility index (Phi) is 5.44. The molecule has 1 aromatic rings. The lowest BCUT2D eigenvalue weighted by molar-refractivity contribution is 0.0708. The smallest absolute Gasteiger partial charge is 0.254 e. The van der Waals surface area contributed by atoms with Crippen molar-refractivity contribution in [1.29, 1.82) is 0 Å². The summed E-state index contributed by atoms with van der Waals surface area (Å²) in [4.78, 5) is 14.4. The Hall–Kier alpha value is -1.75. The van der Waals surface area contributed by atoms with E-state index in [0.717, 1.165) is 19.4 Å². The lowest BCUT2D eigenvalue weighted by atomic mass is 10.1. The maximum Gasteiger partial charge on any atom is 0.254 e. The predicted molar refractivity (Wildman–Crippen MR) is 81.9 cm³/mol. The highest BCUT2D eigenvalue weighted by molar-refractivity contribution is 5.95. The molecule has 1 aliphatic rings. The Morgan fingerprint density at radius 3 is 2.67 bits per heavy atom. The van der Waals surface area contributed by atoms with Gasteiger partial charge in [0, 0.05) is 24.7 Å². The zero-order valence-corrected chi connectivity index (χ0v) is 12.8. The van der Waals surface area contributed by atoms with E-state index >= 15 is 0 Å². The van der Waals surface area contributed by atoms with Gasteiger partial charge in [-0.2, -0.15) is 0 Å². The molecule has 116 valence electrons. The summed E-state index contributed by atoms with van der Waals surface area (Å²) in [6.07, 6.45) is 1.94. The largest absolute Gasteiger partial charge is 0.490 e. The van der Waals surface area contributed by atoms with Crippen LogP contribution < -0.4 is 15.2 Å². The predicted octanol–water partition coefficient (Wildman–Crippen LogP) is 2.05. The Morgan fingerprint density at radius 2 is 2.00 bits per heavy atom. The number of rotatable bonds is 5. The average Bonchev–Trinajstić information content (AvgIpc) is 2.49. The number of benzene rings is 1. The fourth-order valence-electron chi connectivity index (χ4n) is 2.56. The third-order valence-electron chi connectivity index (χ3n) is 3.54. The molecule has 0 aromatic heterocycles. The fraction of sp³-hybridized carbons (Fsp3) is 0.562. The maximum atomic E-state index is 12.5. The molecule has 1 aliphatic heterocycles. The van der Waals surface area contributed by atoms with Gasteiger partial charge < -0.3 is 20.1 Å². The molecule has 2 rings (SSSR count). The first-order chi connectivity index (χ1) is 10.2. The van der Waals surface area contributed by atoms with Gasteiger partial charge in [-0.05, 0) is 44.9 Å². The third kappa shape index (κ3) is 3.88. The number of hydrogen-bond donors (Lipinski definition) is 1. The molecule has 1 aromatic carbocycles. The van der Waals surface area contributed by atoms with E-state index in [2.05, 4.69) is 0 Å². The minimum absolute atomic E-state index is 0.00847. The zero-order chi connectivity index (χ0) is 15.2. The average molecular weight is 292 g/mol. The van der Waals surface area contributed by atoms with Crippen molar-refractivity contribution < 1.29 is 14.3 Å². The van der Waals surface area contributed by atoms with Crippen LogP contribution >= 0.6 is 0 Å². The molecule has 1 amide bonds. The number of ether oxygens (including phenoxy) is 2. The van der Waals surface area contributed by atoms with Crippen LogP contribution in [0.4, 0.5) is 0 Å². The number of nitrogens with two attached hydrogens (primary N) is 1. The Labute approximate surface area is 126 Å². The van der Waals surface area contributed by atoms with Crippen LogP contribution in [0.15, 0.2) is 18.2 Å². The summed E-state index contributed by atoms with van der Waals surface area (Å²) >= 11 is 0. The van der Waals surface area contributed by atoms with Gasteiger partial charge in [0.2, 0.25) is 0 Å². The normalized spacial score (nSPS) is 18.4. The van der Waals surface area contributed by atoms with Crippen molar-refractivity contribution in [3.05, 3.63) is 23.8 Å². The van der Waals surface area contributed by atoms with Crippen LogP contribution in [-0.2, 0) is 0 Å². The van der Waals surface area contributed by atoms with Gasteiger partial charge in [0.1, 0.15) is 0 Å². The summed E-state index contributed by atoms with van der Waals surface area (Å²) in [5, 5.41) is 0. The molecule has 21 heavy (non-hydrogen) atoms. The molecule has 0 saturated carbocycles. The summed E-state index contributed by atoms with van der Waals surface area (Å²) in [6, 6.07) is 5.43. The molecule has 1 unspecified atom stereocenters. The second-order valence-electron chi connectivity index (χ2n) is 5.18. The fourth-order valence-corrected chi connectivity index (χ4v) is 2.56. The molecule has 5 nitrogen and oxygen atoms in total. The van der Waals surface area contributed by atoms with Crippen LogP contribution in [0.2, 0.25) is 0 Å². The third-order valence-corrected chi connectivity index (χ3v) is 3.54. The van der Waals surface area contributed by atoms with E-state index in [4.69, 9.17) is 15.2 Å². The van der Waals surface area contributed by atoms with Crippen molar-refractivity contribution in [2.75, 3.05) is 26.3 Å². The van der Waals surface area contributed by atoms with Gasteiger partial charge in [-0.25, -0.2) is 0 Å². The van der Waals surface area contributed by atoms with E-state index in [-0.39, 0.29) is 11.9 Å². The molecule has 1 saturated heterocycles. The summed E-state index contributed by atoms with van der Waals surface area (Å²) in [6.45, 7) is 6.32. The molecular formula is C16H24N2O3. The molecule has 0 aliphatic carbocycles. The first kappa shape index (κ1) is 15.6. The van der Waals surface area contributed by atoms with Crippen LogP contribution in [0.3, 0.4) is 0 Å². The Morgan fingerprint density at radius 1 is 1.29 bits per heavy atom. The highest BCUT2D eigenvalue weighted by Crippen LogP contribution is 2.29. The number of carbonyl (C=O) groups excluding carboxylic acids is 1. The van der Waals surface area contributed by atoms with Crippen LogP contribution in [0.25, 0.3) is 0 Å². The van der Waals surface area contributed by atoms with Gasteiger partial charge in [-0.1, -0.05) is 0 Å². The highest BCUT2D eigenvalue weighted by atomic mass is 16.5. The SMILES string of the molecule is CCOc1ccc(C(=O)N2CCCC(N)C2)cc1OCC. The molecule has 1 fully saturated rings. The number of piperidine rings is 1. The molecule has 1 heterocycles. The van der Waals surface area contributed by atoms with Crippen molar-refractivity contribution in [3.8, 4) is 11.5 Å². The summed E-state index contributed by atoms with van der Waals surface area (Å²) in [7, 11) is 0. The Bertz CT molecular complexity index is 490. The van der Waals surface area contributed by atoms with E-state index < -0.39 is 0 Å². The van der Waals surface area contributed by atoms with Crippen molar-refractivity contribution in [3.63, 3.8) is 0 Å². The van der Waals surface area contributed by atoms with E-state index in [1.54, 1.807) is 18.2 Å². The van der Waals surface area contributed by atoms with Crippen molar-refractivity contribution in [2.24, 2.45) is 5.73 Å². The first-order valence-electron chi connectivity index (χ1n) is 7.60. The van der Waals surface area contributed by atoms with Gasteiger partial charge in [0.25, 0.3) is 5.91 Å². The molecule has 5 heteroatoms. The quantitative estimate of drug-likeness (QED) is 0.902. The molecule has 2 N–H and O–H groups in total. The summed E-state index contributed by atoms with van der Waals surface area (Å²) in [5.74, 6) is 1.30. The summed E-state index contributed by atoms with van der Waals surface area (Å²) < 4.78 is 11.1. The van der Waals surface area contributed by atoms with E-state index in [9.17, 15) is 4.79 Å². The van der Waals surface area contributed by atoms with Crippen LogP contribution in [0.5, 0.6) is 11.5 Å². The summed E-state index contributed by atoms with van der Waals surface area (Å²) in [5.41, 5.74) is 6.56. The number of likely N-dealkylation sites (tertiary alicyclic amines) is 1. The van der Waals surface area contributed by atoms with Crippen molar-refractivity contribution >= 4 is 5.91 Å². The molecule has 0 bridgehead atoms. The van der Waals surface area contributed by atoms with Gasteiger partial charge in [0.15, 0.2) is 11.5 Å². The van der Waals surface area contributed by atoms with E-state index in [1.807, 2.05) is 18.7 Å².